The molecule has 0 unspecified atom stereocenters. The summed E-state index contributed by atoms with van der Waals surface area (Å²) >= 11 is 0. The number of ether oxygens (including phenoxy) is 1. The molecule has 1 heterocycles. The van der Waals surface area contributed by atoms with Crippen LogP contribution in [0.3, 0.4) is 0 Å². The van der Waals surface area contributed by atoms with Crippen molar-refractivity contribution in [1.82, 2.24) is 10.4 Å². The predicted octanol–water partition coefficient (Wildman–Crippen LogP) is 1.86. The summed E-state index contributed by atoms with van der Waals surface area (Å²) in [6, 6.07) is 10.5. The summed E-state index contributed by atoms with van der Waals surface area (Å²) in [4.78, 5) is 15.6. The van der Waals surface area contributed by atoms with Crippen LogP contribution in [-0.4, -0.2) is 23.7 Å². The molecule has 0 radical (unpaired) electrons. The summed E-state index contributed by atoms with van der Waals surface area (Å²) in [5.41, 5.74) is 3.65. The molecule has 2 rings (SSSR count). The molecule has 0 saturated carbocycles. The smallest absolute Gasteiger partial charge is 0.271 e. The van der Waals surface area contributed by atoms with E-state index in [1.54, 1.807) is 30.6 Å². The monoisotopic (exact) mass is 279 g/mol. The lowest BCUT2D eigenvalue weighted by Gasteiger charge is -2.05. The Balaban J connectivity index is 2.02. The van der Waals surface area contributed by atoms with Crippen molar-refractivity contribution in [1.29, 1.82) is 0 Å². The number of nitrogens with one attached hydrogen (secondary N) is 1. The third-order valence-corrected chi connectivity index (χ3v) is 2.54. The maximum Gasteiger partial charge on any atom is 0.271 e. The fourth-order valence-electron chi connectivity index (χ4n) is 1.57. The number of rotatable bonds is 5. The molecule has 0 spiro atoms. The molecule has 5 heteroatoms. The van der Waals surface area contributed by atoms with E-state index < -0.39 is 0 Å². The summed E-state index contributed by atoms with van der Waals surface area (Å²) in [6.45, 7) is 0.175. The Morgan fingerprint density at radius 2 is 2.10 bits per heavy atom. The van der Waals surface area contributed by atoms with Gasteiger partial charge in [-0.15, -0.1) is 6.42 Å². The van der Waals surface area contributed by atoms with Gasteiger partial charge in [-0.05, 0) is 24.3 Å². The van der Waals surface area contributed by atoms with E-state index in [1.807, 2.05) is 18.2 Å². The number of nitrogens with zero attached hydrogens (tertiary/aromatic N) is 2. The fourth-order valence-corrected chi connectivity index (χ4v) is 1.57. The summed E-state index contributed by atoms with van der Waals surface area (Å²) < 4.78 is 5.38. The van der Waals surface area contributed by atoms with Crippen molar-refractivity contribution in [2.45, 2.75) is 0 Å². The van der Waals surface area contributed by atoms with E-state index in [9.17, 15) is 4.79 Å². The van der Waals surface area contributed by atoms with Gasteiger partial charge in [0, 0.05) is 23.5 Å². The van der Waals surface area contributed by atoms with Gasteiger partial charge in [0.2, 0.25) is 0 Å². The van der Waals surface area contributed by atoms with E-state index in [2.05, 4.69) is 21.4 Å². The Bertz CT molecular complexity index is 675. The molecule has 1 aromatic carbocycles. The van der Waals surface area contributed by atoms with Crippen LogP contribution in [0.5, 0.6) is 5.75 Å². The van der Waals surface area contributed by atoms with Gasteiger partial charge >= 0.3 is 0 Å². The van der Waals surface area contributed by atoms with Gasteiger partial charge in [0.15, 0.2) is 0 Å². The van der Waals surface area contributed by atoms with Crippen molar-refractivity contribution in [3.05, 3.63) is 59.9 Å². The lowest BCUT2D eigenvalue weighted by molar-refractivity contribution is 0.0955. The lowest BCUT2D eigenvalue weighted by atomic mass is 10.2. The van der Waals surface area contributed by atoms with Crippen molar-refractivity contribution in [3.63, 3.8) is 0 Å². The quantitative estimate of drug-likeness (QED) is 0.516. The SMILES string of the molecule is C#CCOc1ccccc1/C=N\NC(=O)c1ccncc1. The zero-order chi connectivity index (χ0) is 14.9. The predicted molar refractivity (Wildman–Crippen MR) is 80.1 cm³/mol. The molecule has 0 aliphatic heterocycles. The van der Waals surface area contributed by atoms with Crippen LogP contribution in [0.4, 0.5) is 0 Å². The number of benzene rings is 1. The molecule has 21 heavy (non-hydrogen) atoms. The van der Waals surface area contributed by atoms with Crippen LogP contribution in [0.15, 0.2) is 53.9 Å². The Hall–Kier alpha value is -3.13. The van der Waals surface area contributed by atoms with Gasteiger partial charge < -0.3 is 4.74 Å². The molecule has 1 amide bonds. The number of hydrogen-bond acceptors (Lipinski definition) is 4. The van der Waals surface area contributed by atoms with Gasteiger partial charge in [0.25, 0.3) is 5.91 Å². The van der Waals surface area contributed by atoms with Crippen LogP contribution in [0, 0.1) is 12.3 Å². The molecule has 1 aromatic heterocycles. The number of carbonyl (C=O) groups excluding carboxylic acids is 1. The minimum Gasteiger partial charge on any atom is -0.480 e. The van der Waals surface area contributed by atoms with Crippen LogP contribution in [0.25, 0.3) is 0 Å². The van der Waals surface area contributed by atoms with Crippen LogP contribution < -0.4 is 10.2 Å². The molecule has 0 aliphatic carbocycles. The number of hydrazone groups is 1. The van der Waals surface area contributed by atoms with E-state index >= 15 is 0 Å². The molecule has 5 nitrogen and oxygen atoms in total. The second-order valence-electron chi connectivity index (χ2n) is 3.97. The normalized spacial score (nSPS) is 10.0. The molecule has 0 atom stereocenters. The van der Waals surface area contributed by atoms with Gasteiger partial charge in [0.05, 0.1) is 6.21 Å². The number of hydrogen-bond donors (Lipinski definition) is 1. The van der Waals surface area contributed by atoms with E-state index in [0.29, 0.717) is 11.3 Å². The molecule has 2 aromatic rings. The van der Waals surface area contributed by atoms with Crippen LogP contribution in [0.2, 0.25) is 0 Å². The number of aromatic nitrogens is 1. The van der Waals surface area contributed by atoms with Gasteiger partial charge in [-0.25, -0.2) is 5.43 Å². The Morgan fingerprint density at radius 3 is 2.86 bits per heavy atom. The standard InChI is InChI=1S/C16H13N3O2/c1-2-11-21-15-6-4-3-5-14(15)12-18-19-16(20)13-7-9-17-10-8-13/h1,3-10,12H,11H2,(H,19,20)/b18-12-. The maximum absolute atomic E-state index is 11.8. The first kappa shape index (κ1) is 14.3. The minimum absolute atomic E-state index is 0.175. The highest BCUT2D eigenvalue weighted by Gasteiger charge is 2.03. The number of amides is 1. The van der Waals surface area contributed by atoms with Gasteiger partial charge in [0.1, 0.15) is 12.4 Å². The van der Waals surface area contributed by atoms with Crippen molar-refractivity contribution in [3.8, 4) is 18.1 Å². The first-order valence-corrected chi connectivity index (χ1v) is 6.20. The van der Waals surface area contributed by atoms with Gasteiger partial charge in [-0.3, -0.25) is 9.78 Å². The van der Waals surface area contributed by atoms with Crippen molar-refractivity contribution < 1.29 is 9.53 Å². The zero-order valence-corrected chi connectivity index (χ0v) is 11.2. The number of terminal acetylenes is 1. The first-order valence-electron chi connectivity index (χ1n) is 6.20. The highest BCUT2D eigenvalue weighted by atomic mass is 16.5. The fraction of sp³-hybridized carbons (Fsp3) is 0.0625. The summed E-state index contributed by atoms with van der Waals surface area (Å²) in [5, 5.41) is 3.91. The number of para-hydroxylation sites is 1. The molecule has 0 aliphatic rings. The van der Waals surface area contributed by atoms with Crippen molar-refractivity contribution in [2.75, 3.05) is 6.61 Å². The third kappa shape index (κ3) is 4.18. The average Bonchev–Trinajstić information content (AvgIpc) is 2.54. The maximum atomic E-state index is 11.8. The largest absolute Gasteiger partial charge is 0.480 e. The van der Waals surface area contributed by atoms with Crippen LogP contribution >= 0.6 is 0 Å². The summed E-state index contributed by atoms with van der Waals surface area (Å²) in [5.74, 6) is 2.70. The van der Waals surface area contributed by atoms with E-state index in [4.69, 9.17) is 11.2 Å². The third-order valence-electron chi connectivity index (χ3n) is 2.54. The van der Waals surface area contributed by atoms with Gasteiger partial charge in [-0.2, -0.15) is 5.10 Å². The van der Waals surface area contributed by atoms with Crippen LogP contribution in [0.1, 0.15) is 15.9 Å². The van der Waals surface area contributed by atoms with Crippen LogP contribution in [-0.2, 0) is 0 Å². The zero-order valence-electron chi connectivity index (χ0n) is 11.2. The molecular formula is C16H13N3O2. The number of pyridine rings is 1. The Morgan fingerprint density at radius 1 is 1.33 bits per heavy atom. The Labute approximate surface area is 122 Å². The molecule has 0 saturated heterocycles. The molecule has 0 fully saturated rings. The second kappa shape index (κ2) is 7.46. The summed E-state index contributed by atoms with van der Waals surface area (Å²) in [7, 11) is 0. The highest BCUT2D eigenvalue weighted by molar-refractivity contribution is 5.94. The lowest BCUT2D eigenvalue weighted by Crippen LogP contribution is -2.17. The highest BCUT2D eigenvalue weighted by Crippen LogP contribution is 2.15. The molecule has 104 valence electrons. The second-order valence-corrected chi connectivity index (χ2v) is 3.97. The molecular weight excluding hydrogens is 266 g/mol. The Kier molecular flexibility index (Phi) is 5.07. The topological polar surface area (TPSA) is 63.6 Å². The van der Waals surface area contributed by atoms with E-state index in [0.717, 1.165) is 5.56 Å². The van der Waals surface area contributed by atoms with E-state index in [-0.39, 0.29) is 12.5 Å². The number of carbonyl (C=O) groups is 1. The molecule has 0 bridgehead atoms. The molecule has 1 N–H and O–H groups in total. The summed E-state index contributed by atoms with van der Waals surface area (Å²) in [6.07, 6.45) is 9.75. The minimum atomic E-state index is -0.310. The average molecular weight is 279 g/mol. The van der Waals surface area contributed by atoms with Crippen molar-refractivity contribution in [2.24, 2.45) is 5.10 Å². The first-order chi connectivity index (χ1) is 10.3. The van der Waals surface area contributed by atoms with Crippen molar-refractivity contribution >= 4 is 12.1 Å². The van der Waals surface area contributed by atoms with E-state index in [1.165, 1.54) is 6.21 Å². The van der Waals surface area contributed by atoms with Gasteiger partial charge in [-0.1, -0.05) is 18.1 Å².